The zero-order valence-electron chi connectivity index (χ0n) is 6.87. The number of nitrogens with one attached hydrogen (secondary N) is 1. The lowest BCUT2D eigenvalue weighted by Gasteiger charge is -2.01. The smallest absolute Gasteiger partial charge is 0.0474 e. The first-order valence-electron chi connectivity index (χ1n) is 3.55. The van der Waals surface area contributed by atoms with Gasteiger partial charge in [-0.1, -0.05) is 6.58 Å². The Morgan fingerprint density at radius 3 is 2.64 bits per heavy atom. The van der Waals surface area contributed by atoms with Gasteiger partial charge >= 0.3 is 0 Å². The van der Waals surface area contributed by atoms with Crippen molar-refractivity contribution in [2.24, 2.45) is 0 Å². The van der Waals surface area contributed by atoms with Crippen molar-refractivity contribution in [3.63, 3.8) is 0 Å². The van der Waals surface area contributed by atoms with Crippen molar-refractivity contribution in [3.8, 4) is 0 Å². The normalized spacial score (nSPS) is 10.1. The molecule has 0 aromatic carbocycles. The molecule has 0 aliphatic heterocycles. The summed E-state index contributed by atoms with van der Waals surface area (Å²) in [4.78, 5) is 3.13. The van der Waals surface area contributed by atoms with Gasteiger partial charge in [0.15, 0.2) is 0 Å². The molecule has 0 saturated carbocycles. The number of H-pyrrole nitrogens is 1. The monoisotopic (exact) mass is 169 g/mol. The molecule has 0 atom stereocenters. The summed E-state index contributed by atoms with van der Waals surface area (Å²) in [6.45, 7) is 7.97. The highest BCUT2D eigenvalue weighted by molar-refractivity contribution is 6.23. The molecule has 0 aliphatic carbocycles. The number of aromatic amines is 1. The Bertz CT molecular complexity index is 254. The molecule has 1 heterocycles. The Kier molecular flexibility index (Phi) is 2.40. The maximum atomic E-state index is 5.67. The molecule has 0 aliphatic rings. The summed E-state index contributed by atoms with van der Waals surface area (Å²) in [5.74, 6) is 0.500. The molecule has 0 saturated heterocycles. The molecule has 0 fully saturated rings. The van der Waals surface area contributed by atoms with Crippen molar-refractivity contribution < 1.29 is 0 Å². The lowest BCUT2D eigenvalue weighted by Crippen LogP contribution is -1.87. The molecule has 60 valence electrons. The van der Waals surface area contributed by atoms with E-state index >= 15 is 0 Å². The van der Waals surface area contributed by atoms with Crippen LogP contribution in [0.3, 0.4) is 0 Å². The van der Waals surface area contributed by atoms with Gasteiger partial charge in [0.1, 0.15) is 0 Å². The van der Waals surface area contributed by atoms with E-state index in [4.69, 9.17) is 11.6 Å². The third-order valence-electron chi connectivity index (χ3n) is 1.79. The van der Waals surface area contributed by atoms with Crippen molar-refractivity contribution in [2.75, 3.05) is 5.88 Å². The van der Waals surface area contributed by atoms with Gasteiger partial charge < -0.3 is 4.98 Å². The summed E-state index contributed by atoms with van der Waals surface area (Å²) >= 11 is 5.67. The maximum Gasteiger partial charge on any atom is 0.0474 e. The molecule has 0 spiro atoms. The van der Waals surface area contributed by atoms with Crippen LogP contribution in [0.5, 0.6) is 0 Å². The summed E-state index contributed by atoms with van der Waals surface area (Å²) in [7, 11) is 0. The minimum absolute atomic E-state index is 0.500. The van der Waals surface area contributed by atoms with Crippen molar-refractivity contribution >= 4 is 17.2 Å². The van der Waals surface area contributed by atoms with Crippen LogP contribution in [0, 0.1) is 13.8 Å². The highest BCUT2D eigenvalue weighted by Crippen LogP contribution is 2.21. The molecule has 1 aromatic rings. The molecule has 1 nitrogen and oxygen atoms in total. The molecule has 11 heavy (non-hydrogen) atoms. The Labute approximate surface area is 72.1 Å². The first-order valence-corrected chi connectivity index (χ1v) is 4.09. The van der Waals surface area contributed by atoms with Crippen LogP contribution in [0.2, 0.25) is 0 Å². The topological polar surface area (TPSA) is 15.8 Å². The van der Waals surface area contributed by atoms with E-state index in [2.05, 4.69) is 18.5 Å². The third-order valence-corrected chi connectivity index (χ3v) is 2.11. The van der Waals surface area contributed by atoms with E-state index in [9.17, 15) is 0 Å². The standard InChI is InChI=1S/C9H12ClN/c1-6(4-10)9-7(2)5-11-8(9)3/h5,11H,1,4H2,2-3H3. The first-order chi connectivity index (χ1) is 5.16. The van der Waals surface area contributed by atoms with Crippen molar-refractivity contribution in [3.05, 3.63) is 29.6 Å². The molecular weight excluding hydrogens is 158 g/mol. The van der Waals surface area contributed by atoms with E-state index in [-0.39, 0.29) is 0 Å². The number of alkyl halides is 1. The average molecular weight is 170 g/mol. The number of aromatic nitrogens is 1. The zero-order valence-corrected chi connectivity index (χ0v) is 7.63. The Morgan fingerprint density at radius 2 is 2.27 bits per heavy atom. The number of aryl methyl sites for hydroxylation is 2. The number of rotatable bonds is 2. The number of halogens is 1. The van der Waals surface area contributed by atoms with E-state index in [1.165, 1.54) is 11.1 Å². The predicted molar refractivity (Wildman–Crippen MR) is 50.0 cm³/mol. The van der Waals surface area contributed by atoms with Crippen molar-refractivity contribution in [2.45, 2.75) is 13.8 Å². The van der Waals surface area contributed by atoms with Gasteiger partial charge in [-0.15, -0.1) is 11.6 Å². The third kappa shape index (κ3) is 1.48. The van der Waals surface area contributed by atoms with E-state index in [1.54, 1.807) is 0 Å². The van der Waals surface area contributed by atoms with Crippen LogP contribution in [-0.4, -0.2) is 10.9 Å². The first kappa shape index (κ1) is 8.41. The van der Waals surface area contributed by atoms with Crippen LogP contribution < -0.4 is 0 Å². The van der Waals surface area contributed by atoms with Crippen LogP contribution in [0.1, 0.15) is 16.8 Å². The fourth-order valence-corrected chi connectivity index (χ4v) is 1.40. The molecular formula is C9H12ClN. The summed E-state index contributed by atoms with van der Waals surface area (Å²) in [5.41, 5.74) is 4.53. The Morgan fingerprint density at radius 1 is 1.64 bits per heavy atom. The molecule has 0 unspecified atom stereocenters. The second kappa shape index (κ2) is 3.14. The summed E-state index contributed by atoms with van der Waals surface area (Å²) < 4.78 is 0. The summed E-state index contributed by atoms with van der Waals surface area (Å²) in [5, 5.41) is 0. The van der Waals surface area contributed by atoms with Gasteiger partial charge in [0.25, 0.3) is 0 Å². The zero-order chi connectivity index (χ0) is 8.43. The van der Waals surface area contributed by atoms with Crippen molar-refractivity contribution in [1.82, 2.24) is 4.98 Å². The molecule has 2 heteroatoms. The van der Waals surface area contributed by atoms with Gasteiger partial charge in [0.2, 0.25) is 0 Å². The predicted octanol–water partition coefficient (Wildman–Crippen LogP) is 2.88. The quantitative estimate of drug-likeness (QED) is 0.656. The number of allylic oxidation sites excluding steroid dienone is 1. The minimum atomic E-state index is 0.500. The fourth-order valence-electron chi connectivity index (χ4n) is 1.27. The van der Waals surface area contributed by atoms with Crippen LogP contribution >= 0.6 is 11.6 Å². The van der Waals surface area contributed by atoms with Gasteiger partial charge in [0.05, 0.1) is 0 Å². The Balaban J connectivity index is 3.10. The van der Waals surface area contributed by atoms with Crippen LogP contribution in [0.25, 0.3) is 5.57 Å². The van der Waals surface area contributed by atoms with Gasteiger partial charge in [-0.3, -0.25) is 0 Å². The lowest BCUT2D eigenvalue weighted by atomic mass is 10.1. The highest BCUT2D eigenvalue weighted by atomic mass is 35.5. The average Bonchev–Trinajstić information content (AvgIpc) is 2.30. The summed E-state index contributed by atoms with van der Waals surface area (Å²) in [6, 6.07) is 0. The molecule has 0 bridgehead atoms. The van der Waals surface area contributed by atoms with Crippen molar-refractivity contribution in [1.29, 1.82) is 0 Å². The van der Waals surface area contributed by atoms with E-state index in [0.29, 0.717) is 5.88 Å². The molecule has 0 radical (unpaired) electrons. The van der Waals surface area contributed by atoms with Gasteiger partial charge in [0, 0.05) is 23.3 Å². The van der Waals surface area contributed by atoms with Crippen LogP contribution in [0.15, 0.2) is 12.8 Å². The van der Waals surface area contributed by atoms with Gasteiger partial charge in [-0.05, 0) is 25.0 Å². The fraction of sp³-hybridized carbons (Fsp3) is 0.333. The van der Waals surface area contributed by atoms with E-state index in [1.807, 2.05) is 13.1 Å². The lowest BCUT2D eigenvalue weighted by molar-refractivity contribution is 1.25. The van der Waals surface area contributed by atoms with Gasteiger partial charge in [-0.25, -0.2) is 0 Å². The van der Waals surface area contributed by atoms with E-state index in [0.717, 1.165) is 11.3 Å². The van der Waals surface area contributed by atoms with Crippen LogP contribution in [-0.2, 0) is 0 Å². The molecule has 1 rings (SSSR count). The maximum absolute atomic E-state index is 5.67. The second-order valence-corrected chi connectivity index (χ2v) is 2.98. The summed E-state index contributed by atoms with van der Waals surface area (Å²) in [6.07, 6.45) is 1.97. The van der Waals surface area contributed by atoms with Crippen LogP contribution in [0.4, 0.5) is 0 Å². The number of hydrogen-bond donors (Lipinski definition) is 1. The largest absolute Gasteiger partial charge is 0.364 e. The molecule has 1 aromatic heterocycles. The van der Waals surface area contributed by atoms with Gasteiger partial charge in [-0.2, -0.15) is 0 Å². The molecule has 0 amide bonds. The Hall–Kier alpha value is -0.690. The SMILES string of the molecule is C=C(CCl)c1c(C)c[nH]c1C. The van der Waals surface area contributed by atoms with E-state index < -0.39 is 0 Å². The second-order valence-electron chi connectivity index (χ2n) is 2.71. The molecule has 1 N–H and O–H groups in total. The number of hydrogen-bond acceptors (Lipinski definition) is 0. The minimum Gasteiger partial charge on any atom is -0.364 e. The highest BCUT2D eigenvalue weighted by Gasteiger charge is 2.06.